The Kier molecular flexibility index (Phi) is 3.66. The van der Waals surface area contributed by atoms with Crippen molar-refractivity contribution in [3.8, 4) is 0 Å². The molecule has 19 heavy (non-hydrogen) atoms. The van der Waals surface area contributed by atoms with Crippen molar-refractivity contribution in [2.45, 2.75) is 6.04 Å². The molecule has 4 heteroatoms. The first-order chi connectivity index (χ1) is 9.28. The van der Waals surface area contributed by atoms with Gasteiger partial charge in [0.05, 0.1) is 6.04 Å². The van der Waals surface area contributed by atoms with Crippen LogP contribution in [-0.2, 0) is 0 Å². The maximum Gasteiger partial charge on any atom is 0.0803 e. The Morgan fingerprint density at radius 3 is 2.53 bits per heavy atom. The lowest BCUT2D eigenvalue weighted by molar-refractivity contribution is 0.647. The summed E-state index contributed by atoms with van der Waals surface area (Å²) in [7, 11) is 0. The van der Waals surface area contributed by atoms with Crippen molar-refractivity contribution in [1.82, 2.24) is 5.43 Å². The first kappa shape index (κ1) is 12.8. The molecule has 0 aliphatic carbocycles. The van der Waals surface area contributed by atoms with Crippen molar-refractivity contribution in [1.29, 1.82) is 0 Å². The smallest absolute Gasteiger partial charge is 0.0803 e. The van der Waals surface area contributed by atoms with Crippen LogP contribution in [0.15, 0.2) is 58.4 Å². The molecule has 1 heterocycles. The van der Waals surface area contributed by atoms with Crippen LogP contribution in [-0.4, -0.2) is 0 Å². The molecule has 3 N–H and O–H groups in total. The van der Waals surface area contributed by atoms with Crippen molar-refractivity contribution < 1.29 is 0 Å². The molecule has 0 spiro atoms. The van der Waals surface area contributed by atoms with Crippen LogP contribution >= 0.6 is 27.3 Å². The molecule has 1 atom stereocenters. The summed E-state index contributed by atoms with van der Waals surface area (Å²) in [5, 5.41) is 4.55. The zero-order valence-electron chi connectivity index (χ0n) is 10.1. The molecule has 0 radical (unpaired) electrons. The Morgan fingerprint density at radius 1 is 1.05 bits per heavy atom. The Labute approximate surface area is 124 Å². The van der Waals surface area contributed by atoms with Crippen molar-refractivity contribution >= 4 is 38.0 Å². The highest BCUT2D eigenvalue weighted by Gasteiger charge is 2.14. The molecule has 3 aromatic rings. The average Bonchev–Trinajstić information content (AvgIpc) is 2.86. The molecule has 0 saturated carbocycles. The van der Waals surface area contributed by atoms with Crippen molar-refractivity contribution in [2.24, 2.45) is 5.84 Å². The van der Waals surface area contributed by atoms with Crippen LogP contribution in [0.1, 0.15) is 16.5 Å². The van der Waals surface area contributed by atoms with Crippen LogP contribution in [0.3, 0.4) is 0 Å². The third kappa shape index (κ3) is 2.58. The second-order valence-corrected chi connectivity index (χ2v) is 6.23. The fourth-order valence-corrected chi connectivity index (χ4v) is 3.74. The second kappa shape index (κ2) is 5.43. The number of hydrogen-bond donors (Lipinski definition) is 2. The van der Waals surface area contributed by atoms with Crippen LogP contribution < -0.4 is 11.3 Å². The van der Waals surface area contributed by atoms with Crippen LogP contribution in [0, 0.1) is 0 Å². The quantitative estimate of drug-likeness (QED) is 0.556. The van der Waals surface area contributed by atoms with Gasteiger partial charge in [-0.05, 0) is 44.4 Å². The van der Waals surface area contributed by atoms with Gasteiger partial charge in [-0.3, -0.25) is 5.84 Å². The summed E-state index contributed by atoms with van der Waals surface area (Å²) >= 11 is 5.18. The first-order valence-electron chi connectivity index (χ1n) is 5.96. The molecule has 0 aliphatic rings. The number of thiophene rings is 1. The predicted molar refractivity (Wildman–Crippen MR) is 85.1 cm³/mol. The zero-order chi connectivity index (χ0) is 13.2. The summed E-state index contributed by atoms with van der Waals surface area (Å²) in [6, 6.07) is 16.9. The molecule has 1 aromatic heterocycles. The van der Waals surface area contributed by atoms with Gasteiger partial charge >= 0.3 is 0 Å². The number of rotatable bonds is 3. The van der Waals surface area contributed by atoms with Gasteiger partial charge in [-0.2, -0.15) is 0 Å². The van der Waals surface area contributed by atoms with Crippen LogP contribution in [0.25, 0.3) is 10.8 Å². The summed E-state index contributed by atoms with van der Waals surface area (Å²) in [5.41, 5.74) is 4.08. The van der Waals surface area contributed by atoms with Gasteiger partial charge < -0.3 is 0 Å². The number of benzene rings is 2. The van der Waals surface area contributed by atoms with E-state index in [9.17, 15) is 0 Å². The lowest BCUT2D eigenvalue weighted by Gasteiger charge is -2.15. The topological polar surface area (TPSA) is 38.0 Å². The van der Waals surface area contributed by atoms with Gasteiger partial charge in [0.2, 0.25) is 0 Å². The van der Waals surface area contributed by atoms with Crippen LogP contribution in [0.5, 0.6) is 0 Å². The fourth-order valence-electron chi connectivity index (χ4n) is 2.21. The number of halogens is 1. The Hall–Kier alpha value is -1.20. The number of nitrogens with two attached hydrogens (primary N) is 1. The highest BCUT2D eigenvalue weighted by molar-refractivity contribution is 9.10. The summed E-state index contributed by atoms with van der Waals surface area (Å²) in [4.78, 5) is 1.20. The van der Waals surface area contributed by atoms with Gasteiger partial charge in [0.25, 0.3) is 0 Å². The molecular formula is C15H13BrN2S. The second-order valence-electron chi connectivity index (χ2n) is 4.37. The molecule has 0 aliphatic heterocycles. The Balaban J connectivity index is 2.06. The lowest BCUT2D eigenvalue weighted by Crippen LogP contribution is -2.28. The van der Waals surface area contributed by atoms with Gasteiger partial charge in [-0.25, -0.2) is 5.43 Å². The standard InChI is InChI=1S/C15H13BrN2S/c16-13-8-14(19-9-13)15(18-17)12-6-5-10-3-1-2-4-11(10)7-12/h1-9,15,18H,17H2. The van der Waals surface area contributed by atoms with Gasteiger partial charge in [0.15, 0.2) is 0 Å². The van der Waals surface area contributed by atoms with Gasteiger partial charge in [-0.15, -0.1) is 11.3 Å². The number of hydrogen-bond acceptors (Lipinski definition) is 3. The summed E-state index contributed by atoms with van der Waals surface area (Å²) in [5.74, 6) is 5.73. The van der Waals surface area contributed by atoms with E-state index in [4.69, 9.17) is 5.84 Å². The molecular weight excluding hydrogens is 320 g/mol. The molecule has 1 unspecified atom stereocenters. The van der Waals surface area contributed by atoms with Gasteiger partial charge in [0.1, 0.15) is 0 Å². The van der Waals surface area contributed by atoms with E-state index in [1.807, 2.05) is 0 Å². The molecule has 2 nitrogen and oxygen atoms in total. The molecule has 0 fully saturated rings. The fraction of sp³-hybridized carbons (Fsp3) is 0.0667. The van der Waals surface area contributed by atoms with E-state index < -0.39 is 0 Å². The van der Waals surface area contributed by atoms with E-state index in [1.54, 1.807) is 11.3 Å². The minimum absolute atomic E-state index is 0.0286. The minimum atomic E-state index is 0.0286. The third-order valence-corrected chi connectivity index (χ3v) is 4.90. The highest BCUT2D eigenvalue weighted by Crippen LogP contribution is 2.31. The van der Waals surface area contributed by atoms with Crippen LogP contribution in [0.4, 0.5) is 0 Å². The van der Waals surface area contributed by atoms with Crippen LogP contribution in [0.2, 0.25) is 0 Å². The molecule has 0 amide bonds. The normalized spacial score (nSPS) is 12.7. The van der Waals surface area contributed by atoms with Crippen molar-refractivity contribution in [2.75, 3.05) is 0 Å². The minimum Gasteiger partial charge on any atom is -0.271 e. The maximum atomic E-state index is 5.73. The molecule has 0 bridgehead atoms. The monoisotopic (exact) mass is 332 g/mol. The van der Waals surface area contributed by atoms with E-state index in [1.165, 1.54) is 21.2 Å². The zero-order valence-corrected chi connectivity index (χ0v) is 12.5. The third-order valence-electron chi connectivity index (χ3n) is 3.15. The van der Waals surface area contributed by atoms with Crippen molar-refractivity contribution in [3.05, 3.63) is 68.8 Å². The highest BCUT2D eigenvalue weighted by atomic mass is 79.9. The van der Waals surface area contributed by atoms with E-state index in [0.717, 1.165) is 4.47 Å². The van der Waals surface area contributed by atoms with E-state index >= 15 is 0 Å². The number of fused-ring (bicyclic) bond motifs is 1. The summed E-state index contributed by atoms with van der Waals surface area (Å²) < 4.78 is 1.09. The maximum absolute atomic E-state index is 5.73. The van der Waals surface area contributed by atoms with Crippen molar-refractivity contribution in [3.63, 3.8) is 0 Å². The first-order valence-corrected chi connectivity index (χ1v) is 7.64. The molecule has 2 aromatic carbocycles. The SMILES string of the molecule is NNC(c1ccc2ccccc2c1)c1cc(Br)cs1. The summed E-state index contributed by atoms with van der Waals surface area (Å²) in [6.07, 6.45) is 0. The van der Waals surface area contributed by atoms with E-state index in [0.29, 0.717) is 0 Å². The predicted octanol–water partition coefficient (Wildman–Crippen LogP) is 4.22. The molecule has 0 saturated heterocycles. The molecule has 3 rings (SSSR count). The lowest BCUT2D eigenvalue weighted by atomic mass is 10.0. The van der Waals surface area contributed by atoms with Gasteiger partial charge in [0, 0.05) is 14.7 Å². The molecule has 96 valence electrons. The van der Waals surface area contributed by atoms with E-state index in [-0.39, 0.29) is 6.04 Å². The average molecular weight is 333 g/mol. The number of hydrazine groups is 1. The largest absolute Gasteiger partial charge is 0.271 e. The Bertz CT molecular complexity index is 708. The van der Waals surface area contributed by atoms with Gasteiger partial charge in [-0.1, -0.05) is 36.4 Å². The summed E-state index contributed by atoms with van der Waals surface area (Å²) in [6.45, 7) is 0. The number of nitrogens with one attached hydrogen (secondary N) is 1. The Morgan fingerprint density at radius 2 is 1.84 bits per heavy atom. The van der Waals surface area contributed by atoms with E-state index in [2.05, 4.69) is 75.3 Å².